The number of nitrogens with two attached hydrogens (primary N) is 1. The van der Waals surface area contributed by atoms with E-state index in [1.54, 1.807) is 17.1 Å². The van der Waals surface area contributed by atoms with Crippen molar-refractivity contribution in [1.82, 2.24) is 14.8 Å². The van der Waals surface area contributed by atoms with Gasteiger partial charge in [0.2, 0.25) is 0 Å². The van der Waals surface area contributed by atoms with Gasteiger partial charge in [0, 0.05) is 12.7 Å². The van der Waals surface area contributed by atoms with Gasteiger partial charge in [-0.2, -0.15) is 5.10 Å². The van der Waals surface area contributed by atoms with Crippen LogP contribution in [-0.4, -0.2) is 19.8 Å². The van der Waals surface area contributed by atoms with Gasteiger partial charge in [-0.15, -0.1) is 0 Å². The molecule has 1 heterocycles. The van der Waals surface area contributed by atoms with Crippen LogP contribution in [0.5, 0.6) is 0 Å². The normalized spacial score (nSPS) is 10.3. The molecule has 7 heteroatoms. The van der Waals surface area contributed by atoms with Crippen LogP contribution in [0.2, 0.25) is 5.02 Å². The van der Waals surface area contributed by atoms with Crippen LogP contribution in [0, 0.1) is 0 Å². The van der Waals surface area contributed by atoms with E-state index in [9.17, 15) is 0 Å². The van der Waals surface area contributed by atoms with Crippen molar-refractivity contribution in [3.8, 4) is 0 Å². The summed E-state index contributed by atoms with van der Waals surface area (Å²) in [7, 11) is 1.82. The van der Waals surface area contributed by atoms with Gasteiger partial charge in [0.1, 0.15) is 11.3 Å². The first-order valence-corrected chi connectivity index (χ1v) is 6.03. The number of aryl methyl sites for hydroxylation is 1. The SMILES string of the molecule is Cn1cnc(CNc2cccc(Cl)c2C(N)=S)n1. The first-order valence-electron chi connectivity index (χ1n) is 5.24. The summed E-state index contributed by atoms with van der Waals surface area (Å²) in [6.07, 6.45) is 1.64. The van der Waals surface area contributed by atoms with Crippen molar-refractivity contribution < 1.29 is 0 Å². The number of hydrogen-bond donors (Lipinski definition) is 2. The summed E-state index contributed by atoms with van der Waals surface area (Å²) in [5.74, 6) is 0.686. The average molecular weight is 282 g/mol. The highest BCUT2D eigenvalue weighted by Gasteiger charge is 2.10. The van der Waals surface area contributed by atoms with Crippen LogP contribution in [0.4, 0.5) is 5.69 Å². The first kappa shape index (κ1) is 12.8. The van der Waals surface area contributed by atoms with Gasteiger partial charge in [0.05, 0.1) is 17.1 Å². The summed E-state index contributed by atoms with van der Waals surface area (Å²) >= 11 is 11.1. The first-order chi connectivity index (χ1) is 8.58. The maximum atomic E-state index is 6.07. The zero-order valence-electron chi connectivity index (χ0n) is 9.72. The second-order valence-corrected chi connectivity index (χ2v) is 4.56. The van der Waals surface area contributed by atoms with Gasteiger partial charge in [-0.25, -0.2) is 4.98 Å². The van der Waals surface area contributed by atoms with Crippen molar-refractivity contribution in [2.24, 2.45) is 12.8 Å². The third kappa shape index (κ3) is 2.77. The predicted octanol–water partition coefficient (Wildman–Crippen LogP) is 1.71. The zero-order valence-corrected chi connectivity index (χ0v) is 11.3. The molecule has 0 bridgehead atoms. The largest absolute Gasteiger partial charge is 0.389 e. The van der Waals surface area contributed by atoms with Gasteiger partial charge in [-0.1, -0.05) is 29.9 Å². The van der Waals surface area contributed by atoms with E-state index in [4.69, 9.17) is 29.6 Å². The minimum atomic E-state index is 0.261. The van der Waals surface area contributed by atoms with Gasteiger partial charge in [0.15, 0.2) is 5.82 Å². The number of aromatic nitrogens is 3. The lowest BCUT2D eigenvalue weighted by atomic mass is 10.1. The molecule has 0 aliphatic carbocycles. The molecule has 0 atom stereocenters. The van der Waals surface area contributed by atoms with E-state index in [0.29, 0.717) is 23.0 Å². The summed E-state index contributed by atoms with van der Waals surface area (Å²) in [4.78, 5) is 4.38. The lowest BCUT2D eigenvalue weighted by Crippen LogP contribution is -2.14. The van der Waals surface area contributed by atoms with Crippen LogP contribution in [-0.2, 0) is 13.6 Å². The molecule has 0 aliphatic heterocycles. The van der Waals surface area contributed by atoms with Crippen LogP contribution >= 0.6 is 23.8 Å². The molecule has 0 saturated heterocycles. The molecule has 0 fully saturated rings. The highest BCUT2D eigenvalue weighted by molar-refractivity contribution is 7.80. The molecule has 1 aromatic heterocycles. The molecular formula is C11H12ClN5S. The van der Waals surface area contributed by atoms with E-state index in [1.165, 1.54) is 0 Å². The Hall–Kier alpha value is -1.66. The van der Waals surface area contributed by atoms with Crippen molar-refractivity contribution >= 4 is 34.5 Å². The summed E-state index contributed by atoms with van der Waals surface area (Å²) in [5.41, 5.74) is 7.08. The summed E-state index contributed by atoms with van der Waals surface area (Å²) in [6.45, 7) is 0.483. The Bertz CT molecular complexity index is 581. The van der Waals surface area contributed by atoms with Gasteiger partial charge in [-0.3, -0.25) is 4.68 Å². The van der Waals surface area contributed by atoms with Gasteiger partial charge >= 0.3 is 0 Å². The monoisotopic (exact) mass is 281 g/mol. The van der Waals surface area contributed by atoms with Crippen molar-refractivity contribution in [2.75, 3.05) is 5.32 Å². The predicted molar refractivity (Wildman–Crippen MR) is 75.7 cm³/mol. The maximum Gasteiger partial charge on any atom is 0.169 e. The molecule has 2 aromatic rings. The molecule has 0 spiro atoms. The van der Waals surface area contributed by atoms with Crippen molar-refractivity contribution in [2.45, 2.75) is 6.54 Å². The number of halogens is 1. The number of nitrogens with zero attached hydrogens (tertiary/aromatic N) is 3. The lowest BCUT2D eigenvalue weighted by molar-refractivity contribution is 0.747. The van der Waals surface area contributed by atoms with E-state index in [2.05, 4.69) is 15.4 Å². The third-order valence-electron chi connectivity index (χ3n) is 2.34. The molecule has 2 rings (SSSR count). The second kappa shape index (κ2) is 5.32. The van der Waals surface area contributed by atoms with E-state index in [1.807, 2.05) is 19.2 Å². The molecular weight excluding hydrogens is 270 g/mol. The molecule has 0 aliphatic rings. The number of nitrogens with one attached hydrogen (secondary N) is 1. The Kier molecular flexibility index (Phi) is 3.78. The zero-order chi connectivity index (χ0) is 13.1. The Balaban J connectivity index is 2.19. The fraction of sp³-hybridized carbons (Fsp3) is 0.182. The van der Waals surface area contributed by atoms with E-state index < -0.39 is 0 Å². The van der Waals surface area contributed by atoms with Crippen LogP contribution in [0.25, 0.3) is 0 Å². The molecule has 18 heavy (non-hydrogen) atoms. The molecule has 0 saturated carbocycles. The third-order valence-corrected chi connectivity index (χ3v) is 2.86. The second-order valence-electron chi connectivity index (χ2n) is 3.71. The van der Waals surface area contributed by atoms with Crippen LogP contribution in [0.3, 0.4) is 0 Å². The average Bonchev–Trinajstić information content (AvgIpc) is 2.72. The molecule has 5 nitrogen and oxygen atoms in total. The van der Waals surface area contributed by atoms with Gasteiger partial charge < -0.3 is 11.1 Å². The Morgan fingerprint density at radius 2 is 2.33 bits per heavy atom. The van der Waals surface area contributed by atoms with Gasteiger partial charge in [-0.05, 0) is 12.1 Å². The Labute approximate surface area is 115 Å². The summed E-state index contributed by atoms with van der Waals surface area (Å²) in [5, 5.41) is 7.87. The quantitative estimate of drug-likeness (QED) is 0.835. The molecule has 1 aromatic carbocycles. The maximum absolute atomic E-state index is 6.07. The summed E-state index contributed by atoms with van der Waals surface area (Å²) in [6, 6.07) is 5.45. The van der Waals surface area contributed by atoms with E-state index in [-0.39, 0.29) is 4.99 Å². The highest BCUT2D eigenvalue weighted by atomic mass is 35.5. The standard InChI is InChI=1S/C11H12ClN5S/c1-17-6-15-9(16-17)5-14-8-4-2-3-7(12)10(8)11(13)18/h2-4,6,14H,5H2,1H3,(H2,13,18). The molecule has 0 unspecified atom stereocenters. The van der Waals surface area contributed by atoms with Crippen LogP contribution < -0.4 is 11.1 Å². The number of anilines is 1. The van der Waals surface area contributed by atoms with E-state index >= 15 is 0 Å². The number of rotatable bonds is 4. The highest BCUT2D eigenvalue weighted by Crippen LogP contribution is 2.24. The minimum absolute atomic E-state index is 0.261. The smallest absolute Gasteiger partial charge is 0.169 e. The minimum Gasteiger partial charge on any atom is -0.389 e. The van der Waals surface area contributed by atoms with Crippen LogP contribution in [0.15, 0.2) is 24.5 Å². The van der Waals surface area contributed by atoms with Crippen molar-refractivity contribution in [3.63, 3.8) is 0 Å². The molecule has 0 radical (unpaired) electrons. The fourth-order valence-corrected chi connectivity index (χ4v) is 2.11. The van der Waals surface area contributed by atoms with Crippen molar-refractivity contribution in [3.05, 3.63) is 40.9 Å². The molecule has 94 valence electrons. The van der Waals surface area contributed by atoms with Gasteiger partial charge in [0.25, 0.3) is 0 Å². The lowest BCUT2D eigenvalue weighted by Gasteiger charge is -2.11. The van der Waals surface area contributed by atoms with Crippen LogP contribution in [0.1, 0.15) is 11.4 Å². The van der Waals surface area contributed by atoms with Crippen molar-refractivity contribution in [1.29, 1.82) is 0 Å². The fourth-order valence-electron chi connectivity index (χ4n) is 1.56. The Morgan fingerprint density at radius 3 is 2.94 bits per heavy atom. The van der Waals surface area contributed by atoms with E-state index in [0.717, 1.165) is 5.69 Å². The number of benzene rings is 1. The topological polar surface area (TPSA) is 68.8 Å². The number of hydrogen-bond acceptors (Lipinski definition) is 4. The molecule has 0 amide bonds. The molecule has 3 N–H and O–H groups in total. The summed E-state index contributed by atoms with van der Waals surface area (Å²) < 4.78 is 1.64. The Morgan fingerprint density at radius 1 is 1.56 bits per heavy atom. The number of thiocarbonyl (C=S) groups is 1.